The van der Waals surface area contributed by atoms with E-state index >= 15 is 0 Å². The first-order chi connectivity index (χ1) is 5.33. The van der Waals surface area contributed by atoms with Crippen LogP contribution in [0.4, 0.5) is 0 Å². The molecule has 0 aliphatic carbocycles. The minimum absolute atomic E-state index is 0. The van der Waals surface area contributed by atoms with Gasteiger partial charge in [-0.05, 0) is 37.7 Å². The molecule has 0 atom stereocenters. The molecule has 1 aromatic carbocycles. The summed E-state index contributed by atoms with van der Waals surface area (Å²) < 4.78 is 0. The lowest BCUT2D eigenvalue weighted by Crippen LogP contribution is -2.09. The van der Waals surface area contributed by atoms with Crippen molar-refractivity contribution in [1.29, 1.82) is 0 Å². The fourth-order valence-corrected chi connectivity index (χ4v) is 0.932. The number of benzene rings is 1. The third kappa shape index (κ3) is 2.60. The molecule has 2 heteroatoms. The molecular weight excluding hydrogens is 138 g/mol. The Bertz CT molecular complexity index is 210. The van der Waals surface area contributed by atoms with Crippen LogP contribution in [-0.2, 0) is 6.42 Å². The van der Waals surface area contributed by atoms with Crippen LogP contribution >= 0.6 is 0 Å². The molecule has 1 rings (SSSR count). The van der Waals surface area contributed by atoms with Gasteiger partial charge in [-0.2, -0.15) is 0 Å². The fraction of sp³-hybridized carbons (Fsp3) is 0.333. The second kappa shape index (κ2) is 3.98. The number of rotatable bonds is 3. The summed E-state index contributed by atoms with van der Waals surface area (Å²) in [5.41, 5.74) is 1.25. The van der Waals surface area contributed by atoms with Crippen molar-refractivity contribution in [1.82, 2.24) is 5.32 Å². The van der Waals surface area contributed by atoms with Crippen molar-refractivity contribution in [2.75, 3.05) is 13.6 Å². The highest BCUT2D eigenvalue weighted by atomic mass is 16.3. The Morgan fingerprint density at radius 2 is 2.00 bits per heavy atom. The summed E-state index contributed by atoms with van der Waals surface area (Å²) in [4.78, 5) is 0. The van der Waals surface area contributed by atoms with Gasteiger partial charge < -0.3 is 10.4 Å². The normalized spacial score (nSPS) is 9.91. The van der Waals surface area contributed by atoms with E-state index in [-0.39, 0.29) is 1.43 Å². The zero-order chi connectivity index (χ0) is 8.10. The molecule has 0 amide bonds. The monoisotopic (exact) mass is 153 g/mol. The standard InChI is InChI=1S/C9H13NO.H2/c1-10-7-6-8-2-4-9(11)5-3-8;/h2-5,10-11H,6-7H2,1H3;1H. The number of phenols is 1. The maximum absolute atomic E-state index is 8.97. The number of aromatic hydroxyl groups is 1. The van der Waals surface area contributed by atoms with Crippen molar-refractivity contribution in [3.05, 3.63) is 29.8 Å². The van der Waals surface area contributed by atoms with E-state index in [0.29, 0.717) is 5.75 Å². The summed E-state index contributed by atoms with van der Waals surface area (Å²) in [5, 5.41) is 12.0. The molecule has 62 valence electrons. The van der Waals surface area contributed by atoms with Crippen LogP contribution in [0.5, 0.6) is 5.75 Å². The summed E-state index contributed by atoms with van der Waals surface area (Å²) in [6.45, 7) is 0.977. The predicted octanol–water partition coefficient (Wildman–Crippen LogP) is 1.40. The van der Waals surface area contributed by atoms with Gasteiger partial charge in [0, 0.05) is 1.43 Å². The lowest BCUT2D eigenvalue weighted by Gasteiger charge is -1.99. The Morgan fingerprint density at radius 3 is 2.55 bits per heavy atom. The molecule has 0 bridgehead atoms. The van der Waals surface area contributed by atoms with Gasteiger partial charge in [-0.1, -0.05) is 12.1 Å². The van der Waals surface area contributed by atoms with Gasteiger partial charge in [-0.25, -0.2) is 0 Å². The van der Waals surface area contributed by atoms with E-state index in [4.69, 9.17) is 5.11 Å². The smallest absolute Gasteiger partial charge is 0.115 e. The Labute approximate surface area is 68.4 Å². The maximum atomic E-state index is 8.97. The number of hydrogen-bond donors (Lipinski definition) is 2. The molecule has 0 aromatic heterocycles. The first-order valence-corrected chi connectivity index (χ1v) is 3.75. The topological polar surface area (TPSA) is 32.3 Å². The van der Waals surface area contributed by atoms with Crippen LogP contribution in [0.2, 0.25) is 0 Å². The lowest BCUT2D eigenvalue weighted by molar-refractivity contribution is 0.475. The van der Waals surface area contributed by atoms with Gasteiger partial charge >= 0.3 is 0 Å². The molecule has 0 aliphatic rings. The molecule has 0 fully saturated rings. The van der Waals surface area contributed by atoms with Crippen LogP contribution < -0.4 is 5.32 Å². The second-order valence-electron chi connectivity index (χ2n) is 2.52. The van der Waals surface area contributed by atoms with Gasteiger partial charge in [0.05, 0.1) is 0 Å². The molecule has 0 spiro atoms. The lowest BCUT2D eigenvalue weighted by atomic mass is 10.1. The van der Waals surface area contributed by atoms with Crippen molar-refractivity contribution < 1.29 is 6.53 Å². The van der Waals surface area contributed by atoms with E-state index < -0.39 is 0 Å². The predicted molar refractivity (Wildman–Crippen MR) is 47.9 cm³/mol. The van der Waals surface area contributed by atoms with Crippen LogP contribution in [0, 0.1) is 0 Å². The van der Waals surface area contributed by atoms with Crippen molar-refractivity contribution in [2.45, 2.75) is 6.42 Å². The second-order valence-corrected chi connectivity index (χ2v) is 2.52. The zero-order valence-electron chi connectivity index (χ0n) is 6.67. The Kier molecular flexibility index (Phi) is 2.93. The van der Waals surface area contributed by atoms with E-state index in [1.165, 1.54) is 5.56 Å². The molecular formula is C9H15NO. The highest BCUT2D eigenvalue weighted by Gasteiger charge is 1.90. The average Bonchev–Trinajstić information content (AvgIpc) is 2.04. The van der Waals surface area contributed by atoms with Crippen LogP contribution in [0.3, 0.4) is 0 Å². The number of phenolic OH excluding ortho intramolecular Hbond substituents is 1. The number of likely N-dealkylation sites (N-methyl/N-ethyl adjacent to an activating group) is 1. The van der Waals surface area contributed by atoms with Crippen molar-refractivity contribution in [2.24, 2.45) is 0 Å². The zero-order valence-corrected chi connectivity index (χ0v) is 6.67. The van der Waals surface area contributed by atoms with Crippen LogP contribution in [0.1, 0.15) is 6.99 Å². The first kappa shape index (κ1) is 8.08. The van der Waals surface area contributed by atoms with Gasteiger partial charge in [0.2, 0.25) is 0 Å². The van der Waals surface area contributed by atoms with Crippen LogP contribution in [0.15, 0.2) is 24.3 Å². The average molecular weight is 153 g/mol. The molecule has 0 saturated carbocycles. The molecule has 2 nitrogen and oxygen atoms in total. The summed E-state index contributed by atoms with van der Waals surface area (Å²) in [6.07, 6.45) is 1.01. The third-order valence-electron chi connectivity index (χ3n) is 1.60. The molecule has 0 radical (unpaired) electrons. The highest BCUT2D eigenvalue weighted by molar-refractivity contribution is 5.25. The highest BCUT2D eigenvalue weighted by Crippen LogP contribution is 2.09. The molecule has 1 aromatic rings. The Hall–Kier alpha value is -1.02. The first-order valence-electron chi connectivity index (χ1n) is 3.75. The van der Waals surface area contributed by atoms with Crippen molar-refractivity contribution >= 4 is 0 Å². The molecule has 0 heterocycles. The maximum Gasteiger partial charge on any atom is 0.115 e. The minimum atomic E-state index is 0. The van der Waals surface area contributed by atoms with Gasteiger partial charge in [-0.3, -0.25) is 0 Å². The Balaban J connectivity index is 0.00000121. The molecule has 2 N–H and O–H groups in total. The summed E-state index contributed by atoms with van der Waals surface area (Å²) in [6, 6.07) is 7.30. The van der Waals surface area contributed by atoms with Crippen LogP contribution in [0.25, 0.3) is 0 Å². The van der Waals surface area contributed by atoms with Crippen LogP contribution in [-0.4, -0.2) is 18.7 Å². The van der Waals surface area contributed by atoms with E-state index in [0.717, 1.165) is 13.0 Å². The Morgan fingerprint density at radius 1 is 1.36 bits per heavy atom. The van der Waals surface area contributed by atoms with Gasteiger partial charge in [-0.15, -0.1) is 0 Å². The SMILES string of the molecule is CNCCc1ccc(O)cc1.[HH]. The minimum Gasteiger partial charge on any atom is -0.508 e. The summed E-state index contributed by atoms with van der Waals surface area (Å²) >= 11 is 0. The molecule has 11 heavy (non-hydrogen) atoms. The summed E-state index contributed by atoms with van der Waals surface area (Å²) in [7, 11) is 1.93. The molecule has 0 aliphatic heterocycles. The van der Waals surface area contributed by atoms with Crippen molar-refractivity contribution in [3.8, 4) is 5.75 Å². The van der Waals surface area contributed by atoms with Gasteiger partial charge in [0.1, 0.15) is 5.75 Å². The van der Waals surface area contributed by atoms with E-state index in [2.05, 4.69) is 5.32 Å². The number of nitrogens with one attached hydrogen (secondary N) is 1. The van der Waals surface area contributed by atoms with Gasteiger partial charge in [0.25, 0.3) is 0 Å². The molecule has 0 saturated heterocycles. The van der Waals surface area contributed by atoms with Crippen molar-refractivity contribution in [3.63, 3.8) is 0 Å². The fourth-order valence-electron chi connectivity index (χ4n) is 0.932. The third-order valence-corrected chi connectivity index (χ3v) is 1.60. The summed E-state index contributed by atoms with van der Waals surface area (Å²) in [5.74, 6) is 0.332. The van der Waals surface area contributed by atoms with E-state index in [9.17, 15) is 0 Å². The van der Waals surface area contributed by atoms with Gasteiger partial charge in [0.15, 0.2) is 0 Å². The van der Waals surface area contributed by atoms with E-state index in [1.807, 2.05) is 19.2 Å². The molecule has 0 unspecified atom stereocenters. The van der Waals surface area contributed by atoms with E-state index in [1.54, 1.807) is 12.1 Å². The number of hydrogen-bond acceptors (Lipinski definition) is 2. The quantitative estimate of drug-likeness (QED) is 0.688. The largest absolute Gasteiger partial charge is 0.508 e.